The van der Waals surface area contributed by atoms with Crippen LogP contribution in [0.2, 0.25) is 5.02 Å². The molecule has 1 aliphatic heterocycles. The molecule has 1 unspecified atom stereocenters. The molecule has 1 saturated heterocycles. The average molecular weight is 184 g/mol. The highest BCUT2D eigenvalue weighted by Crippen LogP contribution is 2.28. The maximum atomic E-state index is 5.81. The third kappa shape index (κ3) is 1.59. The van der Waals surface area contributed by atoms with Crippen LogP contribution in [0.3, 0.4) is 0 Å². The predicted molar refractivity (Wildman–Crippen MR) is 47.2 cm³/mol. The molecule has 64 valence electrons. The number of rotatable bonds is 1. The first kappa shape index (κ1) is 8.02. The molecule has 2 nitrogen and oxygen atoms in total. The van der Waals surface area contributed by atoms with Crippen LogP contribution < -0.4 is 0 Å². The lowest BCUT2D eigenvalue weighted by molar-refractivity contribution is 0.111. The third-order valence-corrected chi connectivity index (χ3v) is 2.23. The first-order chi connectivity index (χ1) is 5.86. The van der Waals surface area contributed by atoms with Gasteiger partial charge in [0.15, 0.2) is 0 Å². The van der Waals surface area contributed by atoms with Gasteiger partial charge >= 0.3 is 0 Å². The van der Waals surface area contributed by atoms with Gasteiger partial charge < -0.3 is 4.74 Å². The maximum absolute atomic E-state index is 5.81. The number of hydrogen-bond donors (Lipinski definition) is 0. The molecule has 0 spiro atoms. The predicted octanol–water partition coefficient (Wildman–Crippen LogP) is 2.59. The second-order valence-electron chi connectivity index (χ2n) is 2.94. The lowest BCUT2D eigenvalue weighted by atomic mass is 10.1. The van der Waals surface area contributed by atoms with E-state index in [2.05, 4.69) is 4.98 Å². The Balaban J connectivity index is 2.21. The Hall–Kier alpha value is -0.600. The molecule has 1 fully saturated rings. The Morgan fingerprint density at radius 2 is 2.42 bits per heavy atom. The van der Waals surface area contributed by atoms with E-state index in [1.165, 1.54) is 0 Å². The summed E-state index contributed by atoms with van der Waals surface area (Å²) in [5.41, 5.74) is 1.10. The molecule has 2 heterocycles. The molecule has 0 aromatic carbocycles. The summed E-state index contributed by atoms with van der Waals surface area (Å²) >= 11 is 5.81. The molecule has 1 aromatic heterocycles. The molecule has 1 aliphatic rings. The lowest BCUT2D eigenvalue weighted by Gasteiger charge is -2.08. The number of ether oxygens (including phenoxy) is 1. The number of pyridine rings is 1. The van der Waals surface area contributed by atoms with Gasteiger partial charge in [-0.05, 0) is 18.9 Å². The molecule has 0 bridgehead atoms. The Labute approximate surface area is 76.5 Å². The van der Waals surface area contributed by atoms with Crippen molar-refractivity contribution >= 4 is 11.6 Å². The summed E-state index contributed by atoms with van der Waals surface area (Å²) in [6.07, 6.45) is 5.90. The Kier molecular flexibility index (Phi) is 2.28. The van der Waals surface area contributed by atoms with Crippen LogP contribution in [-0.2, 0) is 4.74 Å². The van der Waals surface area contributed by atoms with Crippen molar-refractivity contribution < 1.29 is 4.74 Å². The van der Waals surface area contributed by atoms with E-state index in [4.69, 9.17) is 16.3 Å². The van der Waals surface area contributed by atoms with Gasteiger partial charge in [-0.2, -0.15) is 0 Å². The van der Waals surface area contributed by atoms with Crippen molar-refractivity contribution in [2.75, 3.05) is 6.61 Å². The summed E-state index contributed by atoms with van der Waals surface area (Å²) in [6.45, 7) is 0.858. The van der Waals surface area contributed by atoms with Crippen LogP contribution in [0.25, 0.3) is 0 Å². The fraction of sp³-hybridized carbons (Fsp3) is 0.444. The van der Waals surface area contributed by atoms with Crippen molar-refractivity contribution in [3.8, 4) is 0 Å². The van der Waals surface area contributed by atoms with Crippen molar-refractivity contribution in [2.45, 2.75) is 18.9 Å². The molecule has 0 radical (unpaired) electrons. The zero-order valence-electron chi connectivity index (χ0n) is 6.66. The SMILES string of the molecule is Clc1cncc(C2CCCO2)c1. The molecular formula is C9H10ClNO. The lowest BCUT2D eigenvalue weighted by Crippen LogP contribution is -1.95. The molecule has 2 rings (SSSR count). The van der Waals surface area contributed by atoms with Gasteiger partial charge in [0.2, 0.25) is 0 Å². The van der Waals surface area contributed by atoms with Gasteiger partial charge in [0.25, 0.3) is 0 Å². The van der Waals surface area contributed by atoms with Gasteiger partial charge in [-0.1, -0.05) is 11.6 Å². The smallest absolute Gasteiger partial charge is 0.0841 e. The van der Waals surface area contributed by atoms with Crippen LogP contribution >= 0.6 is 11.6 Å². The molecule has 0 saturated carbocycles. The van der Waals surface area contributed by atoms with Crippen LogP contribution in [0.4, 0.5) is 0 Å². The number of nitrogens with zero attached hydrogens (tertiary/aromatic N) is 1. The van der Waals surface area contributed by atoms with Crippen LogP contribution in [0.1, 0.15) is 24.5 Å². The minimum Gasteiger partial charge on any atom is -0.373 e. The van der Waals surface area contributed by atoms with Gasteiger partial charge in [-0.3, -0.25) is 4.98 Å². The van der Waals surface area contributed by atoms with E-state index in [1.807, 2.05) is 12.3 Å². The summed E-state index contributed by atoms with van der Waals surface area (Å²) in [6, 6.07) is 1.92. The van der Waals surface area contributed by atoms with Crippen molar-refractivity contribution in [1.29, 1.82) is 0 Å². The molecule has 0 N–H and O–H groups in total. The minimum absolute atomic E-state index is 0.219. The molecule has 0 amide bonds. The standard InChI is InChI=1S/C9H10ClNO/c10-8-4-7(5-11-6-8)9-2-1-3-12-9/h4-6,9H,1-3H2. The third-order valence-electron chi connectivity index (χ3n) is 2.03. The number of aromatic nitrogens is 1. The summed E-state index contributed by atoms with van der Waals surface area (Å²) in [7, 11) is 0. The van der Waals surface area contributed by atoms with Gasteiger partial charge in [0.1, 0.15) is 0 Å². The molecule has 3 heteroatoms. The van der Waals surface area contributed by atoms with E-state index < -0.39 is 0 Å². The highest BCUT2D eigenvalue weighted by Gasteiger charge is 2.17. The monoisotopic (exact) mass is 183 g/mol. The van der Waals surface area contributed by atoms with Gasteiger partial charge in [-0.25, -0.2) is 0 Å². The zero-order valence-corrected chi connectivity index (χ0v) is 7.42. The quantitative estimate of drug-likeness (QED) is 0.668. The van der Waals surface area contributed by atoms with E-state index in [0.29, 0.717) is 5.02 Å². The van der Waals surface area contributed by atoms with E-state index in [1.54, 1.807) is 6.20 Å². The van der Waals surface area contributed by atoms with Crippen LogP contribution in [0.15, 0.2) is 18.5 Å². The maximum Gasteiger partial charge on any atom is 0.0841 e. The van der Waals surface area contributed by atoms with Crippen LogP contribution in [0.5, 0.6) is 0 Å². The highest BCUT2D eigenvalue weighted by atomic mass is 35.5. The zero-order chi connectivity index (χ0) is 8.39. The van der Waals surface area contributed by atoms with E-state index in [-0.39, 0.29) is 6.10 Å². The Morgan fingerprint density at radius 1 is 1.50 bits per heavy atom. The molecular weight excluding hydrogens is 174 g/mol. The Bertz CT molecular complexity index is 271. The number of hydrogen-bond acceptors (Lipinski definition) is 2. The van der Waals surface area contributed by atoms with Crippen LogP contribution in [-0.4, -0.2) is 11.6 Å². The Morgan fingerprint density at radius 3 is 3.08 bits per heavy atom. The molecule has 1 atom stereocenters. The summed E-state index contributed by atoms with van der Waals surface area (Å²) in [5, 5.41) is 0.683. The van der Waals surface area contributed by atoms with E-state index in [0.717, 1.165) is 25.0 Å². The van der Waals surface area contributed by atoms with Crippen molar-refractivity contribution in [1.82, 2.24) is 4.98 Å². The first-order valence-electron chi connectivity index (χ1n) is 4.08. The van der Waals surface area contributed by atoms with Crippen molar-refractivity contribution in [3.63, 3.8) is 0 Å². The largest absolute Gasteiger partial charge is 0.373 e. The molecule has 1 aromatic rings. The summed E-state index contributed by atoms with van der Waals surface area (Å²) in [5.74, 6) is 0. The highest BCUT2D eigenvalue weighted by molar-refractivity contribution is 6.30. The normalized spacial score (nSPS) is 22.9. The second kappa shape index (κ2) is 3.42. The van der Waals surface area contributed by atoms with Crippen molar-refractivity contribution in [2.24, 2.45) is 0 Å². The van der Waals surface area contributed by atoms with Crippen LogP contribution in [0, 0.1) is 0 Å². The second-order valence-corrected chi connectivity index (χ2v) is 3.37. The average Bonchev–Trinajstić information content (AvgIpc) is 2.56. The first-order valence-corrected chi connectivity index (χ1v) is 4.46. The summed E-state index contributed by atoms with van der Waals surface area (Å²) < 4.78 is 5.50. The van der Waals surface area contributed by atoms with Gasteiger partial charge in [0.05, 0.1) is 11.1 Å². The topological polar surface area (TPSA) is 22.1 Å². The van der Waals surface area contributed by atoms with Gasteiger partial charge in [-0.15, -0.1) is 0 Å². The molecule has 0 aliphatic carbocycles. The minimum atomic E-state index is 0.219. The fourth-order valence-corrected chi connectivity index (χ4v) is 1.63. The van der Waals surface area contributed by atoms with Crippen molar-refractivity contribution in [3.05, 3.63) is 29.0 Å². The van der Waals surface area contributed by atoms with E-state index >= 15 is 0 Å². The number of halogens is 1. The van der Waals surface area contributed by atoms with E-state index in [9.17, 15) is 0 Å². The summed E-state index contributed by atoms with van der Waals surface area (Å²) in [4.78, 5) is 4.02. The fourth-order valence-electron chi connectivity index (χ4n) is 1.44. The van der Waals surface area contributed by atoms with Gasteiger partial charge in [0, 0.05) is 24.6 Å². The molecule has 12 heavy (non-hydrogen) atoms.